The molecule has 0 amide bonds. The van der Waals surface area contributed by atoms with E-state index in [0.29, 0.717) is 6.61 Å². The topological polar surface area (TPSA) is 20.2 Å². The van der Waals surface area contributed by atoms with Crippen molar-refractivity contribution < 1.29 is 5.11 Å². The van der Waals surface area contributed by atoms with Crippen molar-refractivity contribution in [2.45, 2.75) is 289 Å². The first-order valence-corrected chi connectivity index (χ1v) is 36.4. The normalized spacial score (nSPS) is 11.9. The third-order valence-electron chi connectivity index (χ3n) is 14.5. The van der Waals surface area contributed by atoms with Crippen LogP contribution in [0.1, 0.15) is 259 Å². The minimum Gasteiger partial charge on any atom is -0.396 e. The van der Waals surface area contributed by atoms with Gasteiger partial charge in [0.1, 0.15) is 0 Å². The maximum absolute atomic E-state index is 9.00. The summed E-state index contributed by atoms with van der Waals surface area (Å²) in [7, 11) is 0. The van der Waals surface area contributed by atoms with Crippen LogP contribution in [0.2, 0.25) is 0 Å². The monoisotopic (exact) mass is 1090 g/mol. The minimum absolute atomic E-state index is 0.359. The molecule has 0 aliphatic rings. The summed E-state index contributed by atoms with van der Waals surface area (Å²) >= 11 is 12.9. The van der Waals surface area contributed by atoms with Gasteiger partial charge in [0.05, 0.1) is 0 Å². The standard InChI is InChI=1S/C65H106OS6/c1-6-11-16-35-42-67-60-48-54-55-49-61(68-43-36-17-12-7-2)63(70-45-38-19-14-9-4)51-57(55)59-53-65(72-47-40-33-31-29-27-25-23-21-22-24-26-28-30-32-34-41-66)64(71-46-39-20-15-10-5)52-58(59)56(54)50-62(60)69-44-37-18-13-8-3/h48-53,66H,6-47H2,1-5H3. The number of hydrogen-bond acceptors (Lipinski definition) is 7. The molecule has 0 aliphatic carbocycles. The van der Waals surface area contributed by atoms with Crippen molar-refractivity contribution in [1.29, 1.82) is 0 Å². The predicted molar refractivity (Wildman–Crippen MR) is 340 cm³/mol. The Labute approximate surface area is 470 Å². The zero-order valence-electron chi connectivity index (χ0n) is 47.1. The molecule has 1 N–H and O–H groups in total. The lowest BCUT2D eigenvalue weighted by Gasteiger charge is -2.20. The van der Waals surface area contributed by atoms with Crippen LogP contribution in [0.3, 0.4) is 0 Å². The summed E-state index contributed by atoms with van der Waals surface area (Å²) in [6, 6.07) is 16.1. The van der Waals surface area contributed by atoms with Gasteiger partial charge in [0.25, 0.3) is 0 Å². The number of aliphatic hydroxyl groups excluding tert-OH is 1. The molecule has 0 saturated heterocycles. The molecule has 0 radical (unpaired) electrons. The Morgan fingerprint density at radius 1 is 0.222 bits per heavy atom. The van der Waals surface area contributed by atoms with E-state index in [1.54, 1.807) is 0 Å². The molecule has 0 saturated carbocycles. The maximum atomic E-state index is 9.00. The van der Waals surface area contributed by atoms with Gasteiger partial charge in [0.2, 0.25) is 0 Å². The van der Waals surface area contributed by atoms with E-state index in [-0.39, 0.29) is 0 Å². The molecule has 72 heavy (non-hydrogen) atoms. The summed E-state index contributed by atoms with van der Waals surface area (Å²) in [6.07, 6.45) is 46.6. The summed E-state index contributed by atoms with van der Waals surface area (Å²) in [6.45, 7) is 12.1. The zero-order valence-corrected chi connectivity index (χ0v) is 52.0. The van der Waals surface area contributed by atoms with Crippen LogP contribution in [0.15, 0.2) is 65.8 Å². The third kappa shape index (κ3) is 25.5. The van der Waals surface area contributed by atoms with E-state index in [9.17, 15) is 0 Å². The largest absolute Gasteiger partial charge is 0.396 e. The van der Waals surface area contributed by atoms with Gasteiger partial charge in [-0.1, -0.05) is 214 Å². The first-order chi connectivity index (χ1) is 35.6. The van der Waals surface area contributed by atoms with Crippen molar-refractivity contribution in [3.05, 3.63) is 36.4 Å². The molecule has 0 fully saturated rings. The highest BCUT2D eigenvalue weighted by atomic mass is 32.2. The summed E-state index contributed by atoms with van der Waals surface area (Å²) < 4.78 is 0. The van der Waals surface area contributed by atoms with E-state index >= 15 is 0 Å². The fourth-order valence-electron chi connectivity index (χ4n) is 9.94. The second-order valence-corrected chi connectivity index (χ2v) is 27.8. The lowest BCUT2D eigenvalue weighted by Crippen LogP contribution is -1.94. The van der Waals surface area contributed by atoms with Gasteiger partial charge in [-0.2, -0.15) is 0 Å². The van der Waals surface area contributed by atoms with Crippen LogP contribution in [0.5, 0.6) is 0 Å². The fourth-order valence-corrected chi connectivity index (χ4v) is 16.8. The van der Waals surface area contributed by atoms with Crippen LogP contribution in [0.4, 0.5) is 0 Å². The van der Waals surface area contributed by atoms with Crippen LogP contribution in [-0.4, -0.2) is 46.2 Å². The molecule has 0 heterocycles. The number of rotatable bonds is 48. The van der Waals surface area contributed by atoms with Gasteiger partial charge in [0.15, 0.2) is 0 Å². The average Bonchev–Trinajstić information content (AvgIpc) is 3.39. The van der Waals surface area contributed by atoms with Crippen LogP contribution in [0, 0.1) is 0 Å². The highest BCUT2D eigenvalue weighted by molar-refractivity contribution is 8.03. The van der Waals surface area contributed by atoms with Crippen LogP contribution in [-0.2, 0) is 0 Å². The lowest BCUT2D eigenvalue weighted by molar-refractivity contribution is 0.282. The number of hydrogen-bond donors (Lipinski definition) is 1. The molecule has 7 heteroatoms. The third-order valence-corrected chi connectivity index (χ3v) is 21.7. The van der Waals surface area contributed by atoms with Crippen molar-refractivity contribution in [2.24, 2.45) is 0 Å². The van der Waals surface area contributed by atoms with Gasteiger partial charge in [-0.15, -0.1) is 70.6 Å². The molecule has 4 aromatic carbocycles. The van der Waals surface area contributed by atoms with Crippen molar-refractivity contribution in [3.63, 3.8) is 0 Å². The number of benzene rings is 4. The summed E-state index contributed by atoms with van der Waals surface area (Å²) in [5.41, 5.74) is 0. The zero-order chi connectivity index (χ0) is 51.1. The Bertz CT molecular complexity index is 1930. The molecule has 0 atom stereocenters. The first kappa shape index (κ1) is 64.2. The molecule has 1 nitrogen and oxygen atoms in total. The molecule has 0 spiro atoms. The number of fused-ring (bicyclic) bond motifs is 6. The maximum Gasteiger partial charge on any atom is 0.0431 e. The van der Waals surface area contributed by atoms with E-state index in [0.717, 1.165) is 6.42 Å². The van der Waals surface area contributed by atoms with Gasteiger partial charge in [-0.3, -0.25) is 0 Å². The minimum atomic E-state index is 0.359. The molecule has 4 rings (SSSR count). The fraction of sp³-hybridized carbons (Fsp3) is 0.723. The van der Waals surface area contributed by atoms with E-state index in [1.807, 2.05) is 0 Å². The molecule has 408 valence electrons. The highest BCUT2D eigenvalue weighted by Gasteiger charge is 2.19. The molecule has 0 unspecified atom stereocenters. The van der Waals surface area contributed by atoms with E-state index in [2.05, 4.69) is 142 Å². The van der Waals surface area contributed by atoms with Crippen LogP contribution >= 0.6 is 70.6 Å². The summed E-state index contributed by atoms with van der Waals surface area (Å²) in [5.74, 6) is 7.29. The second kappa shape index (κ2) is 42.7. The smallest absolute Gasteiger partial charge is 0.0431 e. The Balaban J connectivity index is 1.69. The SMILES string of the molecule is CCCCCCSc1cc2c3cc(SCCCCCC)c(SCCCCCC)cc3c3cc(SCCCCCCCCCCCCCCCCCO)c(SCCCCCC)cc3c2cc1SCCCCCC. The van der Waals surface area contributed by atoms with Crippen LogP contribution < -0.4 is 0 Å². The molecule has 4 aromatic rings. The summed E-state index contributed by atoms with van der Waals surface area (Å²) in [4.78, 5) is 9.15. The van der Waals surface area contributed by atoms with Gasteiger partial charge >= 0.3 is 0 Å². The number of aliphatic hydroxyl groups is 1. The Morgan fingerprint density at radius 3 is 0.542 bits per heavy atom. The summed E-state index contributed by atoms with van der Waals surface area (Å²) in [5, 5.41) is 17.9. The van der Waals surface area contributed by atoms with Gasteiger partial charge in [0, 0.05) is 36.0 Å². The van der Waals surface area contributed by atoms with Gasteiger partial charge in [-0.25, -0.2) is 0 Å². The predicted octanol–water partition coefficient (Wildman–Crippen LogP) is 24.4. The highest BCUT2D eigenvalue weighted by Crippen LogP contribution is 2.47. The second-order valence-electron chi connectivity index (χ2n) is 21.0. The number of thioether (sulfide) groups is 6. The molecule has 0 bridgehead atoms. The van der Waals surface area contributed by atoms with Crippen LogP contribution in [0.25, 0.3) is 32.3 Å². The molecular weight excluding hydrogens is 989 g/mol. The Kier molecular flexibility index (Phi) is 38.1. The molecule has 0 aliphatic heterocycles. The van der Waals surface area contributed by atoms with Gasteiger partial charge in [-0.05, 0) is 148 Å². The average molecular weight is 1100 g/mol. The van der Waals surface area contributed by atoms with Crippen molar-refractivity contribution >= 4 is 103 Å². The Morgan fingerprint density at radius 2 is 0.375 bits per heavy atom. The van der Waals surface area contributed by atoms with E-state index < -0.39 is 0 Å². The van der Waals surface area contributed by atoms with Crippen molar-refractivity contribution in [2.75, 3.05) is 41.1 Å². The molecular formula is C65H106OS6. The first-order valence-electron chi connectivity index (χ1n) is 30.5. The molecule has 0 aromatic heterocycles. The van der Waals surface area contributed by atoms with E-state index in [4.69, 9.17) is 5.11 Å². The Hall–Kier alpha value is -0.280. The van der Waals surface area contributed by atoms with E-state index in [1.165, 1.54) is 315 Å². The quantitative estimate of drug-likeness (QED) is 0.0267. The van der Waals surface area contributed by atoms with Crippen molar-refractivity contribution in [3.8, 4) is 0 Å². The number of unbranched alkanes of at least 4 members (excludes halogenated alkanes) is 29. The van der Waals surface area contributed by atoms with Crippen molar-refractivity contribution in [1.82, 2.24) is 0 Å². The van der Waals surface area contributed by atoms with Gasteiger partial charge < -0.3 is 5.11 Å². The lowest BCUT2D eigenvalue weighted by atomic mass is 9.94.